The molecular formula is C23H32N2O4S. The third-order valence-corrected chi connectivity index (χ3v) is 5.90. The summed E-state index contributed by atoms with van der Waals surface area (Å²) in [6, 6.07) is 11.7. The fourth-order valence-electron chi connectivity index (χ4n) is 3.63. The zero-order valence-corrected chi connectivity index (χ0v) is 19.3. The summed E-state index contributed by atoms with van der Waals surface area (Å²) in [6.45, 7) is 8.46. The van der Waals surface area contributed by atoms with Crippen molar-refractivity contribution in [3.05, 3.63) is 58.7 Å². The Morgan fingerprint density at radius 3 is 2.33 bits per heavy atom. The van der Waals surface area contributed by atoms with Gasteiger partial charge in [0.25, 0.3) is 0 Å². The molecule has 2 rings (SSSR count). The van der Waals surface area contributed by atoms with Gasteiger partial charge in [-0.2, -0.15) is 0 Å². The van der Waals surface area contributed by atoms with Crippen LogP contribution in [0.5, 0.6) is 5.75 Å². The molecule has 2 aromatic carbocycles. The average molecular weight is 433 g/mol. The molecule has 0 heterocycles. The quantitative estimate of drug-likeness (QED) is 0.583. The van der Waals surface area contributed by atoms with E-state index in [4.69, 9.17) is 4.74 Å². The normalized spacial score (nSPS) is 11.2. The highest BCUT2D eigenvalue weighted by Gasteiger charge is 2.24. The molecule has 1 amide bonds. The summed E-state index contributed by atoms with van der Waals surface area (Å²) in [5.41, 5.74) is 4.39. The van der Waals surface area contributed by atoms with Crippen LogP contribution >= 0.6 is 0 Å². The number of nitrogens with zero attached hydrogens (tertiary/aromatic N) is 1. The number of aryl methyl sites for hydroxylation is 4. The molecule has 0 atom stereocenters. The number of benzene rings is 2. The van der Waals surface area contributed by atoms with Crippen LogP contribution in [0.25, 0.3) is 0 Å². The zero-order chi connectivity index (χ0) is 22.3. The third-order valence-electron chi connectivity index (χ3n) is 4.79. The minimum atomic E-state index is -3.60. The van der Waals surface area contributed by atoms with E-state index in [-0.39, 0.29) is 12.5 Å². The van der Waals surface area contributed by atoms with E-state index in [2.05, 4.69) is 5.32 Å². The van der Waals surface area contributed by atoms with Crippen LogP contribution < -0.4 is 14.4 Å². The fourth-order valence-corrected chi connectivity index (χ4v) is 4.60. The van der Waals surface area contributed by atoms with Gasteiger partial charge in [0.15, 0.2) is 0 Å². The highest BCUT2D eigenvalue weighted by atomic mass is 32.2. The van der Waals surface area contributed by atoms with Gasteiger partial charge in [0.05, 0.1) is 18.6 Å². The van der Waals surface area contributed by atoms with Crippen LogP contribution in [0.2, 0.25) is 0 Å². The van der Waals surface area contributed by atoms with Gasteiger partial charge in [0.1, 0.15) is 12.3 Å². The molecule has 30 heavy (non-hydrogen) atoms. The van der Waals surface area contributed by atoms with Crippen molar-refractivity contribution in [3.8, 4) is 5.75 Å². The number of carbonyl (C=O) groups is 1. The Morgan fingerprint density at radius 1 is 1.10 bits per heavy atom. The van der Waals surface area contributed by atoms with Crippen molar-refractivity contribution in [2.24, 2.45) is 0 Å². The molecule has 0 saturated carbocycles. The average Bonchev–Trinajstić information content (AvgIpc) is 2.64. The van der Waals surface area contributed by atoms with Crippen molar-refractivity contribution < 1.29 is 17.9 Å². The maximum atomic E-state index is 12.5. The molecule has 0 spiro atoms. The summed E-state index contributed by atoms with van der Waals surface area (Å²) in [4.78, 5) is 12.5. The predicted octanol–water partition coefficient (Wildman–Crippen LogP) is 3.53. The Kier molecular flexibility index (Phi) is 8.29. The summed E-state index contributed by atoms with van der Waals surface area (Å²) < 4.78 is 31.6. The number of anilines is 1. The Balaban J connectivity index is 2.00. The van der Waals surface area contributed by atoms with E-state index in [1.54, 1.807) is 0 Å². The van der Waals surface area contributed by atoms with E-state index in [0.717, 1.165) is 47.1 Å². The largest absolute Gasteiger partial charge is 0.494 e. The van der Waals surface area contributed by atoms with E-state index in [1.165, 1.54) is 4.31 Å². The predicted molar refractivity (Wildman–Crippen MR) is 122 cm³/mol. The van der Waals surface area contributed by atoms with E-state index in [9.17, 15) is 13.2 Å². The zero-order valence-electron chi connectivity index (χ0n) is 18.5. The van der Waals surface area contributed by atoms with Crippen molar-refractivity contribution in [1.82, 2.24) is 5.32 Å². The fraction of sp³-hybridized carbons (Fsp3) is 0.435. The van der Waals surface area contributed by atoms with Crippen LogP contribution in [0, 0.1) is 20.8 Å². The van der Waals surface area contributed by atoms with Gasteiger partial charge in [0, 0.05) is 6.54 Å². The molecule has 2 aromatic rings. The van der Waals surface area contributed by atoms with Gasteiger partial charge in [0.2, 0.25) is 15.9 Å². The van der Waals surface area contributed by atoms with Gasteiger partial charge >= 0.3 is 0 Å². The lowest BCUT2D eigenvalue weighted by Crippen LogP contribution is -2.41. The highest BCUT2D eigenvalue weighted by molar-refractivity contribution is 7.92. The summed E-state index contributed by atoms with van der Waals surface area (Å²) in [5.74, 6) is 0.540. The summed E-state index contributed by atoms with van der Waals surface area (Å²) >= 11 is 0. The van der Waals surface area contributed by atoms with Crippen LogP contribution in [0.15, 0.2) is 36.4 Å². The Bertz CT molecular complexity index is 963. The molecule has 7 heteroatoms. The maximum absolute atomic E-state index is 12.5. The molecule has 0 aromatic heterocycles. The lowest BCUT2D eigenvalue weighted by atomic mass is 10.1. The minimum absolute atomic E-state index is 0.237. The second-order valence-electron chi connectivity index (χ2n) is 7.51. The molecule has 0 bridgehead atoms. The van der Waals surface area contributed by atoms with E-state index in [0.29, 0.717) is 18.8 Å². The van der Waals surface area contributed by atoms with Gasteiger partial charge in [-0.15, -0.1) is 0 Å². The summed E-state index contributed by atoms with van der Waals surface area (Å²) in [7, 11) is -3.60. The van der Waals surface area contributed by atoms with Gasteiger partial charge in [-0.1, -0.05) is 35.9 Å². The second-order valence-corrected chi connectivity index (χ2v) is 9.42. The Hall–Kier alpha value is -2.54. The van der Waals surface area contributed by atoms with Crippen molar-refractivity contribution >= 4 is 21.6 Å². The van der Waals surface area contributed by atoms with Crippen LogP contribution in [0.1, 0.15) is 35.6 Å². The number of hydrogen-bond donors (Lipinski definition) is 1. The highest BCUT2D eigenvalue weighted by Crippen LogP contribution is 2.28. The van der Waals surface area contributed by atoms with Gasteiger partial charge in [-0.3, -0.25) is 9.10 Å². The molecule has 0 aliphatic heterocycles. The lowest BCUT2D eigenvalue weighted by molar-refractivity contribution is -0.119. The van der Waals surface area contributed by atoms with E-state index < -0.39 is 10.0 Å². The SMILES string of the molecule is CCOc1ccccc1CCCNC(=O)CN(c1c(C)cc(C)cc1C)S(C)(=O)=O. The third kappa shape index (κ3) is 6.49. The maximum Gasteiger partial charge on any atom is 0.240 e. The molecule has 164 valence electrons. The van der Waals surface area contributed by atoms with E-state index in [1.807, 2.05) is 64.1 Å². The standard InChI is InChI=1S/C23H32N2O4S/c1-6-29-21-12-8-7-10-20(21)11-9-13-24-22(26)16-25(30(5,27)28)23-18(3)14-17(2)15-19(23)4/h7-8,10,12,14-15H,6,9,11,13,16H2,1-5H3,(H,24,26). The Morgan fingerprint density at radius 2 is 1.73 bits per heavy atom. The molecule has 0 radical (unpaired) electrons. The number of hydrogen-bond acceptors (Lipinski definition) is 4. The van der Waals surface area contributed by atoms with Crippen LogP contribution in [0.4, 0.5) is 5.69 Å². The first-order valence-electron chi connectivity index (χ1n) is 10.2. The number of nitrogens with one attached hydrogen (secondary N) is 1. The number of rotatable bonds is 10. The van der Waals surface area contributed by atoms with E-state index >= 15 is 0 Å². The molecule has 0 aliphatic carbocycles. The first-order chi connectivity index (χ1) is 14.1. The molecular weight excluding hydrogens is 400 g/mol. The summed E-state index contributed by atoms with van der Waals surface area (Å²) in [6.07, 6.45) is 2.63. The first-order valence-corrected chi connectivity index (χ1v) is 12.0. The number of sulfonamides is 1. The van der Waals surface area contributed by atoms with Gasteiger partial charge in [-0.25, -0.2) is 8.42 Å². The van der Waals surface area contributed by atoms with Gasteiger partial charge in [-0.05, 0) is 63.3 Å². The molecule has 0 fully saturated rings. The van der Waals surface area contributed by atoms with Gasteiger partial charge < -0.3 is 10.1 Å². The van der Waals surface area contributed by atoms with Crippen molar-refractivity contribution in [3.63, 3.8) is 0 Å². The second kappa shape index (κ2) is 10.5. The van der Waals surface area contributed by atoms with Crippen LogP contribution in [-0.2, 0) is 21.2 Å². The lowest BCUT2D eigenvalue weighted by Gasteiger charge is -2.26. The smallest absolute Gasteiger partial charge is 0.240 e. The monoisotopic (exact) mass is 432 g/mol. The number of carbonyl (C=O) groups excluding carboxylic acids is 1. The Labute approximate surface area is 180 Å². The number of amides is 1. The molecule has 0 unspecified atom stereocenters. The first kappa shape index (κ1) is 23.7. The van der Waals surface area contributed by atoms with Crippen LogP contribution in [0.3, 0.4) is 0 Å². The summed E-state index contributed by atoms with van der Waals surface area (Å²) in [5, 5.41) is 2.84. The molecule has 6 nitrogen and oxygen atoms in total. The number of ether oxygens (including phenoxy) is 1. The van der Waals surface area contributed by atoms with Crippen LogP contribution in [-0.4, -0.2) is 40.3 Å². The van der Waals surface area contributed by atoms with Crippen molar-refractivity contribution in [2.75, 3.05) is 30.3 Å². The molecule has 0 saturated heterocycles. The number of para-hydroxylation sites is 1. The topological polar surface area (TPSA) is 75.7 Å². The minimum Gasteiger partial charge on any atom is -0.494 e. The molecule has 1 N–H and O–H groups in total. The van der Waals surface area contributed by atoms with Crippen molar-refractivity contribution in [2.45, 2.75) is 40.5 Å². The van der Waals surface area contributed by atoms with Crippen molar-refractivity contribution in [1.29, 1.82) is 0 Å². The molecule has 0 aliphatic rings.